The fourth-order valence-corrected chi connectivity index (χ4v) is 4.48. The quantitative estimate of drug-likeness (QED) is 0.547. The number of hydrogen-bond acceptors (Lipinski definition) is 4. The molecule has 0 saturated carbocycles. The summed E-state index contributed by atoms with van der Waals surface area (Å²) in [5.74, 6) is 0.307. The Kier molecular flexibility index (Phi) is 7.35. The summed E-state index contributed by atoms with van der Waals surface area (Å²) in [6.07, 6.45) is 4.25. The van der Waals surface area contributed by atoms with E-state index in [4.69, 9.17) is 9.47 Å². The molecule has 1 aromatic heterocycles. The van der Waals surface area contributed by atoms with Crippen LogP contribution < -0.4 is 10.1 Å². The minimum absolute atomic E-state index is 0.0303. The van der Waals surface area contributed by atoms with Crippen LogP contribution in [0.5, 0.6) is 5.75 Å². The van der Waals surface area contributed by atoms with Crippen molar-refractivity contribution in [2.45, 2.75) is 25.7 Å². The lowest BCUT2D eigenvalue weighted by atomic mass is 9.73. The number of rotatable bonds is 8. The first-order chi connectivity index (χ1) is 16.1. The fourth-order valence-electron chi connectivity index (χ4n) is 4.48. The van der Waals surface area contributed by atoms with E-state index in [0.29, 0.717) is 56.8 Å². The highest BCUT2D eigenvalue weighted by Crippen LogP contribution is 2.39. The molecule has 5 nitrogen and oxygen atoms in total. The minimum atomic E-state index is -0.584. The lowest BCUT2D eigenvalue weighted by Crippen LogP contribution is -2.46. The van der Waals surface area contributed by atoms with Crippen molar-refractivity contribution in [3.8, 4) is 16.9 Å². The SMILES string of the molecule is COc1ccc(F)cc1-c1ccccc1CC1(C(=O)NCCc2ccccn2)CCOCC1. The molecule has 1 aliphatic heterocycles. The average molecular weight is 449 g/mol. The Balaban J connectivity index is 1.58. The first-order valence-electron chi connectivity index (χ1n) is 11.3. The lowest BCUT2D eigenvalue weighted by Gasteiger charge is -2.36. The summed E-state index contributed by atoms with van der Waals surface area (Å²) in [7, 11) is 1.58. The van der Waals surface area contributed by atoms with Crippen molar-refractivity contribution in [1.29, 1.82) is 0 Å². The van der Waals surface area contributed by atoms with Crippen LogP contribution in [0, 0.1) is 11.2 Å². The van der Waals surface area contributed by atoms with Gasteiger partial charge in [-0.1, -0.05) is 30.3 Å². The van der Waals surface area contributed by atoms with Crippen molar-refractivity contribution < 1.29 is 18.7 Å². The minimum Gasteiger partial charge on any atom is -0.496 e. The molecule has 1 amide bonds. The van der Waals surface area contributed by atoms with Crippen molar-refractivity contribution in [1.82, 2.24) is 10.3 Å². The number of benzene rings is 2. The molecule has 1 saturated heterocycles. The number of halogens is 1. The number of hydrogen-bond donors (Lipinski definition) is 1. The lowest BCUT2D eigenvalue weighted by molar-refractivity contribution is -0.136. The van der Waals surface area contributed by atoms with Crippen LogP contribution in [0.15, 0.2) is 66.9 Å². The van der Waals surface area contributed by atoms with Gasteiger partial charge in [0.15, 0.2) is 0 Å². The fraction of sp³-hybridized carbons (Fsp3) is 0.333. The third-order valence-corrected chi connectivity index (χ3v) is 6.32. The van der Waals surface area contributed by atoms with E-state index < -0.39 is 5.41 Å². The Morgan fingerprint density at radius 3 is 2.64 bits per heavy atom. The van der Waals surface area contributed by atoms with Crippen LogP contribution in [-0.4, -0.2) is 37.8 Å². The number of carbonyl (C=O) groups is 1. The molecular formula is C27H29FN2O3. The van der Waals surface area contributed by atoms with Gasteiger partial charge < -0.3 is 14.8 Å². The predicted molar refractivity (Wildman–Crippen MR) is 126 cm³/mol. The molecule has 0 bridgehead atoms. The van der Waals surface area contributed by atoms with Gasteiger partial charge >= 0.3 is 0 Å². The van der Waals surface area contributed by atoms with Gasteiger partial charge in [-0.3, -0.25) is 9.78 Å². The second-order valence-electron chi connectivity index (χ2n) is 8.40. The van der Waals surface area contributed by atoms with Gasteiger partial charge in [0.05, 0.1) is 12.5 Å². The van der Waals surface area contributed by atoms with E-state index in [1.807, 2.05) is 42.5 Å². The van der Waals surface area contributed by atoms with Gasteiger partial charge in [0, 0.05) is 43.6 Å². The summed E-state index contributed by atoms with van der Waals surface area (Å²) < 4.78 is 25.2. The normalized spacial score (nSPS) is 15.1. The Hall–Kier alpha value is -3.25. The number of ether oxygens (including phenoxy) is 2. The molecule has 4 rings (SSSR count). The van der Waals surface area contributed by atoms with Gasteiger partial charge in [0.1, 0.15) is 11.6 Å². The molecular weight excluding hydrogens is 419 g/mol. The highest BCUT2D eigenvalue weighted by molar-refractivity contribution is 5.84. The van der Waals surface area contributed by atoms with Gasteiger partial charge in [-0.05, 0) is 60.7 Å². The highest BCUT2D eigenvalue weighted by Gasteiger charge is 2.40. The monoisotopic (exact) mass is 448 g/mol. The summed E-state index contributed by atoms with van der Waals surface area (Å²) >= 11 is 0. The van der Waals surface area contributed by atoms with Crippen molar-refractivity contribution >= 4 is 5.91 Å². The number of aromatic nitrogens is 1. The number of methoxy groups -OCH3 is 1. The Labute approximate surface area is 194 Å². The molecule has 2 aromatic carbocycles. The first-order valence-corrected chi connectivity index (χ1v) is 11.3. The number of amides is 1. The van der Waals surface area contributed by atoms with Crippen LogP contribution >= 0.6 is 0 Å². The van der Waals surface area contributed by atoms with Crippen molar-refractivity contribution in [2.24, 2.45) is 5.41 Å². The highest BCUT2D eigenvalue weighted by atomic mass is 19.1. The number of nitrogens with zero attached hydrogens (tertiary/aromatic N) is 1. The summed E-state index contributed by atoms with van der Waals surface area (Å²) in [4.78, 5) is 17.8. The standard InChI is InChI=1S/C27H29FN2O3/c1-32-25-10-9-21(28)18-24(25)23-8-3-2-6-20(23)19-27(12-16-33-17-13-27)26(31)30-15-11-22-7-4-5-14-29-22/h2-10,14,18H,11-13,15-17,19H2,1H3,(H,30,31). The van der Waals surface area contributed by atoms with Crippen molar-refractivity contribution in [2.75, 3.05) is 26.9 Å². The molecule has 1 fully saturated rings. The molecule has 2 heterocycles. The second-order valence-corrected chi connectivity index (χ2v) is 8.40. The van der Waals surface area contributed by atoms with E-state index in [-0.39, 0.29) is 11.7 Å². The van der Waals surface area contributed by atoms with Crippen LogP contribution in [-0.2, 0) is 22.4 Å². The van der Waals surface area contributed by atoms with Gasteiger partial charge in [0.2, 0.25) is 5.91 Å². The molecule has 0 atom stereocenters. The van der Waals surface area contributed by atoms with Gasteiger partial charge in [-0.15, -0.1) is 0 Å². The first kappa shape index (κ1) is 22.9. The van der Waals surface area contributed by atoms with Gasteiger partial charge in [0.25, 0.3) is 0 Å². The summed E-state index contributed by atoms with van der Waals surface area (Å²) in [6, 6.07) is 18.1. The zero-order valence-electron chi connectivity index (χ0n) is 18.9. The zero-order chi connectivity index (χ0) is 23.1. The van der Waals surface area contributed by atoms with Crippen LogP contribution in [0.25, 0.3) is 11.1 Å². The molecule has 6 heteroatoms. The maximum Gasteiger partial charge on any atom is 0.226 e. The molecule has 3 aromatic rings. The van der Waals surface area contributed by atoms with Crippen LogP contribution in [0.3, 0.4) is 0 Å². The summed E-state index contributed by atoms with van der Waals surface area (Å²) in [5, 5.41) is 3.13. The van der Waals surface area contributed by atoms with Crippen LogP contribution in [0.1, 0.15) is 24.1 Å². The predicted octanol–water partition coefficient (Wildman–Crippen LogP) is 4.59. The van der Waals surface area contributed by atoms with E-state index in [9.17, 15) is 9.18 Å². The van der Waals surface area contributed by atoms with Gasteiger partial charge in [-0.2, -0.15) is 0 Å². The van der Waals surface area contributed by atoms with E-state index >= 15 is 0 Å². The number of carbonyl (C=O) groups excluding carboxylic acids is 1. The van der Waals surface area contributed by atoms with E-state index in [0.717, 1.165) is 16.8 Å². The maximum atomic E-state index is 14.1. The summed E-state index contributed by atoms with van der Waals surface area (Å²) in [6.45, 7) is 1.61. The third kappa shape index (κ3) is 5.40. The summed E-state index contributed by atoms with van der Waals surface area (Å²) in [5.41, 5.74) is 2.91. The molecule has 0 spiro atoms. The number of pyridine rings is 1. The topological polar surface area (TPSA) is 60.5 Å². The smallest absolute Gasteiger partial charge is 0.226 e. The van der Waals surface area contributed by atoms with Crippen LogP contribution in [0.4, 0.5) is 4.39 Å². The molecule has 1 aliphatic rings. The van der Waals surface area contributed by atoms with Gasteiger partial charge in [-0.25, -0.2) is 4.39 Å². The Bertz CT molecular complexity index is 1080. The molecule has 33 heavy (non-hydrogen) atoms. The van der Waals surface area contributed by atoms with E-state index in [2.05, 4.69) is 10.3 Å². The zero-order valence-corrected chi connectivity index (χ0v) is 18.9. The molecule has 0 radical (unpaired) electrons. The molecule has 0 unspecified atom stereocenters. The van der Waals surface area contributed by atoms with Crippen LogP contribution in [0.2, 0.25) is 0 Å². The largest absolute Gasteiger partial charge is 0.496 e. The number of nitrogens with one attached hydrogen (secondary N) is 1. The Morgan fingerprint density at radius 1 is 1.09 bits per heavy atom. The molecule has 1 N–H and O–H groups in total. The Morgan fingerprint density at radius 2 is 1.88 bits per heavy atom. The maximum absolute atomic E-state index is 14.1. The van der Waals surface area contributed by atoms with Crippen molar-refractivity contribution in [3.05, 3.63) is 83.9 Å². The second kappa shape index (κ2) is 10.6. The van der Waals surface area contributed by atoms with E-state index in [1.54, 1.807) is 19.4 Å². The average Bonchev–Trinajstić information content (AvgIpc) is 2.85. The molecule has 172 valence electrons. The third-order valence-electron chi connectivity index (χ3n) is 6.32. The molecule has 0 aliphatic carbocycles. The van der Waals surface area contributed by atoms with Crippen molar-refractivity contribution in [3.63, 3.8) is 0 Å². The van der Waals surface area contributed by atoms with E-state index in [1.165, 1.54) is 12.1 Å².